The Hall–Kier alpha value is -2.59. The van der Waals surface area contributed by atoms with Crippen LogP contribution in [0.5, 0.6) is 11.5 Å². The number of nitrogens with one attached hydrogen (secondary N) is 1. The predicted octanol–water partition coefficient (Wildman–Crippen LogP) is 2.58. The number of carbonyl (C=O) groups is 1. The normalized spacial score (nSPS) is 19.0. The number of piperidine rings is 1. The van der Waals surface area contributed by atoms with Gasteiger partial charge in [0.2, 0.25) is 5.78 Å². The maximum atomic E-state index is 12.7. The number of fused-ring (bicyclic) bond motifs is 1. The first kappa shape index (κ1) is 15.9. The summed E-state index contributed by atoms with van der Waals surface area (Å²) < 4.78 is 5.91. The van der Waals surface area contributed by atoms with Gasteiger partial charge in [-0.1, -0.05) is 30.3 Å². The van der Waals surface area contributed by atoms with E-state index in [1.807, 2.05) is 30.3 Å². The van der Waals surface area contributed by atoms with Gasteiger partial charge < -0.3 is 14.7 Å². The van der Waals surface area contributed by atoms with E-state index in [4.69, 9.17) is 4.74 Å². The van der Waals surface area contributed by atoms with Gasteiger partial charge in [0.05, 0.1) is 24.2 Å². The zero-order valence-corrected chi connectivity index (χ0v) is 14.1. The summed E-state index contributed by atoms with van der Waals surface area (Å²) in [5, 5.41) is 10.3. The number of ether oxygens (including phenoxy) is 1. The summed E-state index contributed by atoms with van der Waals surface area (Å²) in [6.45, 7) is 2.90. The van der Waals surface area contributed by atoms with E-state index >= 15 is 0 Å². The van der Waals surface area contributed by atoms with Crippen LogP contribution < -0.4 is 9.64 Å². The van der Waals surface area contributed by atoms with E-state index in [0.29, 0.717) is 23.6 Å². The van der Waals surface area contributed by atoms with Crippen molar-refractivity contribution in [2.75, 3.05) is 13.1 Å². The number of ketones is 1. The lowest BCUT2D eigenvalue weighted by Gasteiger charge is -2.24. The molecule has 1 fully saturated rings. The Morgan fingerprint density at radius 2 is 1.80 bits per heavy atom. The van der Waals surface area contributed by atoms with E-state index in [1.165, 1.54) is 24.2 Å². The minimum atomic E-state index is -0.117. The van der Waals surface area contributed by atoms with Crippen molar-refractivity contribution in [1.29, 1.82) is 0 Å². The Bertz CT molecular complexity index is 821. The molecule has 0 unspecified atom stereocenters. The Labute approximate surface area is 147 Å². The van der Waals surface area contributed by atoms with Gasteiger partial charge in [-0.2, -0.15) is 0 Å². The van der Waals surface area contributed by atoms with Crippen molar-refractivity contribution < 1.29 is 19.5 Å². The molecule has 0 radical (unpaired) electrons. The van der Waals surface area contributed by atoms with Crippen LogP contribution >= 0.6 is 0 Å². The van der Waals surface area contributed by atoms with Crippen LogP contribution in [0, 0.1) is 0 Å². The van der Waals surface area contributed by atoms with Crippen LogP contribution in [-0.4, -0.2) is 24.0 Å². The largest absolute Gasteiger partial charge is 0.507 e. The highest BCUT2D eigenvalue weighted by atomic mass is 16.5. The smallest absolute Gasteiger partial charge is 0.231 e. The third-order valence-electron chi connectivity index (χ3n) is 5.00. The first-order valence-corrected chi connectivity index (χ1v) is 8.90. The Morgan fingerprint density at radius 3 is 2.56 bits per heavy atom. The number of hydrogen-bond acceptors (Lipinski definition) is 3. The second-order valence-corrected chi connectivity index (χ2v) is 6.78. The maximum Gasteiger partial charge on any atom is 0.231 e. The molecule has 128 valence electrons. The standard InChI is InChI=1S/C21H21NO3/c23-18-10-9-16-20(24)19(13-15-7-3-1-4-8-15)25-21(16)17(18)14-22-11-5-2-6-12-22/h1,3-4,7-10,13,23H,2,5-6,11-12,14H2/p+1/b19-13-. The lowest BCUT2D eigenvalue weighted by molar-refractivity contribution is -0.918. The molecule has 0 saturated carbocycles. The SMILES string of the molecule is O=C1/C(=C/c2ccccc2)Oc2c1ccc(O)c2C[NH+]1CCCCC1. The number of benzene rings is 2. The lowest BCUT2D eigenvalue weighted by atomic mass is 10.0. The highest BCUT2D eigenvalue weighted by Gasteiger charge is 2.32. The van der Waals surface area contributed by atoms with Crippen molar-refractivity contribution in [1.82, 2.24) is 0 Å². The second kappa shape index (κ2) is 6.73. The first-order valence-electron chi connectivity index (χ1n) is 8.90. The molecule has 0 atom stereocenters. The average Bonchev–Trinajstić information content (AvgIpc) is 2.95. The zero-order chi connectivity index (χ0) is 17.2. The summed E-state index contributed by atoms with van der Waals surface area (Å²) in [7, 11) is 0. The lowest BCUT2D eigenvalue weighted by Crippen LogP contribution is -3.11. The van der Waals surface area contributed by atoms with E-state index in [-0.39, 0.29) is 11.5 Å². The minimum Gasteiger partial charge on any atom is -0.507 e. The number of phenolic OH excluding ortho intramolecular Hbond substituents is 1. The topological polar surface area (TPSA) is 51.0 Å². The fourth-order valence-electron chi connectivity index (χ4n) is 3.65. The summed E-state index contributed by atoms with van der Waals surface area (Å²) in [6.07, 6.45) is 5.46. The summed E-state index contributed by atoms with van der Waals surface area (Å²) in [5.74, 6) is 0.950. The molecule has 4 rings (SSSR count). The number of hydrogen-bond donors (Lipinski definition) is 2. The number of rotatable bonds is 3. The molecular formula is C21H22NO3+. The van der Waals surface area contributed by atoms with Gasteiger partial charge in [-0.25, -0.2) is 0 Å². The third kappa shape index (κ3) is 3.17. The van der Waals surface area contributed by atoms with Gasteiger partial charge in [0.15, 0.2) is 11.5 Å². The van der Waals surface area contributed by atoms with E-state index in [1.54, 1.807) is 18.2 Å². The fourth-order valence-corrected chi connectivity index (χ4v) is 3.65. The monoisotopic (exact) mass is 336 g/mol. The Balaban J connectivity index is 1.66. The molecule has 0 aromatic heterocycles. The molecule has 2 aliphatic heterocycles. The molecule has 2 aliphatic rings. The Kier molecular flexibility index (Phi) is 4.28. The molecular weight excluding hydrogens is 314 g/mol. The first-order chi connectivity index (χ1) is 12.2. The molecule has 2 heterocycles. The molecule has 4 nitrogen and oxygen atoms in total. The fraction of sp³-hybridized carbons (Fsp3) is 0.286. The van der Waals surface area contributed by atoms with Gasteiger partial charge in [0.1, 0.15) is 12.3 Å². The summed E-state index contributed by atoms with van der Waals surface area (Å²) >= 11 is 0. The van der Waals surface area contributed by atoms with Crippen molar-refractivity contribution in [3.8, 4) is 11.5 Å². The number of phenols is 1. The van der Waals surface area contributed by atoms with Gasteiger partial charge in [-0.15, -0.1) is 0 Å². The van der Waals surface area contributed by atoms with E-state index in [9.17, 15) is 9.90 Å². The van der Waals surface area contributed by atoms with E-state index in [2.05, 4.69) is 0 Å². The number of likely N-dealkylation sites (tertiary alicyclic amines) is 1. The average molecular weight is 336 g/mol. The van der Waals surface area contributed by atoms with Crippen molar-refractivity contribution in [2.45, 2.75) is 25.8 Å². The van der Waals surface area contributed by atoms with Gasteiger partial charge in [0, 0.05) is 0 Å². The van der Waals surface area contributed by atoms with Crippen molar-refractivity contribution in [3.05, 3.63) is 64.9 Å². The molecule has 25 heavy (non-hydrogen) atoms. The molecule has 1 saturated heterocycles. The Morgan fingerprint density at radius 1 is 1.04 bits per heavy atom. The number of allylic oxidation sites excluding steroid dienone is 1. The highest BCUT2D eigenvalue weighted by Crippen LogP contribution is 2.39. The van der Waals surface area contributed by atoms with Gasteiger partial charge in [-0.3, -0.25) is 4.79 Å². The number of carbonyl (C=O) groups excluding carboxylic acids is 1. The molecule has 0 bridgehead atoms. The zero-order valence-electron chi connectivity index (χ0n) is 14.1. The summed E-state index contributed by atoms with van der Waals surface area (Å²) in [4.78, 5) is 14.1. The second-order valence-electron chi connectivity index (χ2n) is 6.78. The van der Waals surface area contributed by atoms with Crippen LogP contribution in [0.25, 0.3) is 6.08 Å². The molecule has 2 aromatic rings. The van der Waals surface area contributed by atoms with Crippen molar-refractivity contribution in [3.63, 3.8) is 0 Å². The van der Waals surface area contributed by atoms with Gasteiger partial charge in [0.25, 0.3) is 0 Å². The quantitative estimate of drug-likeness (QED) is 0.847. The van der Waals surface area contributed by atoms with Crippen LogP contribution in [0.15, 0.2) is 48.2 Å². The van der Waals surface area contributed by atoms with E-state index in [0.717, 1.165) is 24.2 Å². The van der Waals surface area contributed by atoms with Crippen molar-refractivity contribution in [2.24, 2.45) is 0 Å². The molecule has 2 aromatic carbocycles. The highest BCUT2D eigenvalue weighted by molar-refractivity contribution is 6.14. The molecule has 0 spiro atoms. The van der Waals surface area contributed by atoms with Crippen LogP contribution in [-0.2, 0) is 6.54 Å². The minimum absolute atomic E-state index is 0.117. The summed E-state index contributed by atoms with van der Waals surface area (Å²) in [5.41, 5.74) is 2.22. The number of Topliss-reactive ketones (excluding diaryl/α,β-unsaturated/α-hetero) is 1. The van der Waals surface area contributed by atoms with Gasteiger partial charge in [-0.05, 0) is 43.0 Å². The van der Waals surface area contributed by atoms with E-state index < -0.39 is 0 Å². The number of quaternary nitrogens is 1. The molecule has 0 amide bonds. The van der Waals surface area contributed by atoms with Crippen LogP contribution in [0.4, 0.5) is 0 Å². The van der Waals surface area contributed by atoms with Crippen LogP contribution in [0.1, 0.15) is 40.7 Å². The molecule has 0 aliphatic carbocycles. The predicted molar refractivity (Wildman–Crippen MR) is 95.7 cm³/mol. The maximum absolute atomic E-state index is 12.7. The van der Waals surface area contributed by atoms with Gasteiger partial charge >= 0.3 is 0 Å². The summed E-state index contributed by atoms with van der Waals surface area (Å²) in [6, 6.07) is 12.9. The molecule has 4 heteroatoms. The van der Waals surface area contributed by atoms with Crippen LogP contribution in [0.2, 0.25) is 0 Å². The molecule has 2 N–H and O–H groups in total. The van der Waals surface area contributed by atoms with Crippen LogP contribution in [0.3, 0.4) is 0 Å². The number of aromatic hydroxyl groups is 1. The third-order valence-corrected chi connectivity index (χ3v) is 5.00. The van der Waals surface area contributed by atoms with Crippen molar-refractivity contribution >= 4 is 11.9 Å².